The lowest BCUT2D eigenvalue weighted by Gasteiger charge is -2.25. The zero-order valence-corrected chi connectivity index (χ0v) is 13.9. The van der Waals surface area contributed by atoms with Gasteiger partial charge in [0.25, 0.3) is 0 Å². The van der Waals surface area contributed by atoms with Gasteiger partial charge in [0.1, 0.15) is 6.04 Å². The van der Waals surface area contributed by atoms with Gasteiger partial charge in [-0.3, -0.25) is 4.79 Å². The Labute approximate surface area is 133 Å². The number of rotatable bonds is 3. The molecule has 2 heterocycles. The maximum absolute atomic E-state index is 11.1. The van der Waals surface area contributed by atoms with Crippen LogP contribution in [0.15, 0.2) is 0 Å². The third-order valence-electron chi connectivity index (χ3n) is 3.76. The summed E-state index contributed by atoms with van der Waals surface area (Å²) in [5.74, 6) is -0.0906. The molecule has 0 saturated carbocycles. The van der Waals surface area contributed by atoms with Crippen molar-refractivity contribution < 1.29 is 19.1 Å². The lowest BCUT2D eigenvalue weighted by molar-refractivity contribution is -0.146. The molecule has 1 unspecified atom stereocenters. The van der Waals surface area contributed by atoms with Crippen molar-refractivity contribution in [3.05, 3.63) is 0 Å². The van der Waals surface area contributed by atoms with Gasteiger partial charge < -0.3 is 19.7 Å². The van der Waals surface area contributed by atoms with E-state index in [2.05, 4.69) is 5.32 Å². The summed E-state index contributed by atoms with van der Waals surface area (Å²) in [6, 6.07) is -0.0382. The van der Waals surface area contributed by atoms with E-state index in [-0.39, 0.29) is 18.1 Å². The van der Waals surface area contributed by atoms with E-state index in [1.165, 1.54) is 12.8 Å². The lowest BCUT2D eigenvalue weighted by Crippen LogP contribution is -2.41. The van der Waals surface area contributed by atoms with Crippen molar-refractivity contribution >= 4 is 12.1 Å². The third-order valence-corrected chi connectivity index (χ3v) is 3.76. The highest BCUT2D eigenvalue weighted by Gasteiger charge is 2.20. The largest absolute Gasteiger partial charge is 0.465 e. The van der Waals surface area contributed by atoms with Gasteiger partial charge in [-0.25, -0.2) is 4.79 Å². The molecule has 2 aliphatic heterocycles. The van der Waals surface area contributed by atoms with Gasteiger partial charge in [-0.1, -0.05) is 6.42 Å². The Kier molecular flexibility index (Phi) is 9.62. The van der Waals surface area contributed by atoms with Gasteiger partial charge in [-0.2, -0.15) is 0 Å². The predicted octanol–water partition coefficient (Wildman–Crippen LogP) is 2.32. The molecule has 1 amide bonds. The monoisotopic (exact) mass is 314 g/mol. The van der Waals surface area contributed by atoms with Crippen LogP contribution in [0.1, 0.15) is 52.4 Å². The molecule has 0 aromatic carbocycles. The van der Waals surface area contributed by atoms with E-state index < -0.39 is 0 Å². The molecule has 128 valence electrons. The van der Waals surface area contributed by atoms with Crippen molar-refractivity contribution in [2.45, 2.75) is 58.4 Å². The Morgan fingerprint density at radius 3 is 2.23 bits per heavy atom. The second-order valence-electron chi connectivity index (χ2n) is 5.50. The molecule has 0 aliphatic carbocycles. The van der Waals surface area contributed by atoms with Gasteiger partial charge in [-0.15, -0.1) is 0 Å². The van der Waals surface area contributed by atoms with Crippen LogP contribution in [0.2, 0.25) is 0 Å². The molecule has 22 heavy (non-hydrogen) atoms. The van der Waals surface area contributed by atoms with Crippen molar-refractivity contribution in [3.63, 3.8) is 0 Å². The number of nitrogens with zero attached hydrogens (tertiary/aromatic N) is 1. The van der Waals surface area contributed by atoms with Crippen molar-refractivity contribution in [2.75, 3.05) is 32.8 Å². The number of piperidine rings is 2. The highest BCUT2D eigenvalue weighted by Crippen LogP contribution is 2.09. The molecule has 1 atom stereocenters. The first-order chi connectivity index (χ1) is 10.7. The Balaban J connectivity index is 0.000000220. The number of ether oxygens (including phenoxy) is 2. The van der Waals surface area contributed by atoms with E-state index in [4.69, 9.17) is 9.47 Å². The van der Waals surface area contributed by atoms with Crippen LogP contribution in [0.3, 0.4) is 0 Å². The number of nitrogens with one attached hydrogen (secondary N) is 1. The number of likely N-dealkylation sites (tertiary alicyclic amines) is 1. The maximum atomic E-state index is 11.1. The quantitative estimate of drug-likeness (QED) is 0.810. The number of amides is 1. The van der Waals surface area contributed by atoms with Crippen molar-refractivity contribution in [3.8, 4) is 0 Å². The average Bonchev–Trinajstić information content (AvgIpc) is 2.57. The summed E-state index contributed by atoms with van der Waals surface area (Å²) in [5, 5.41) is 3.13. The van der Waals surface area contributed by atoms with Crippen LogP contribution in [0, 0.1) is 0 Å². The second kappa shape index (κ2) is 11.3. The fourth-order valence-corrected chi connectivity index (χ4v) is 2.59. The first-order valence-corrected chi connectivity index (χ1v) is 8.50. The summed E-state index contributed by atoms with van der Waals surface area (Å²) >= 11 is 0. The summed E-state index contributed by atoms with van der Waals surface area (Å²) in [4.78, 5) is 24.0. The van der Waals surface area contributed by atoms with E-state index in [0.717, 1.165) is 45.3 Å². The molecule has 0 aromatic heterocycles. The van der Waals surface area contributed by atoms with Crippen LogP contribution in [0.4, 0.5) is 4.79 Å². The molecule has 2 saturated heterocycles. The van der Waals surface area contributed by atoms with Crippen molar-refractivity contribution in [2.24, 2.45) is 0 Å². The number of esters is 1. The molecule has 6 heteroatoms. The molecule has 2 rings (SSSR count). The Bertz CT molecular complexity index is 292. The molecule has 0 bridgehead atoms. The zero-order chi connectivity index (χ0) is 16.2. The number of carbonyl (C=O) groups excluding carboxylic acids is 2. The fourth-order valence-electron chi connectivity index (χ4n) is 2.59. The standard InChI is InChI=1S/2C8H15NO2/c1-2-11-8(10)9-6-4-3-5-7-9;1-2-11-8(10)7-5-3-4-6-9-7/h2-7H2,1H3;7,9H,2-6H2,1H3. The van der Waals surface area contributed by atoms with Gasteiger partial charge in [0.2, 0.25) is 0 Å². The molecule has 6 nitrogen and oxygen atoms in total. The van der Waals surface area contributed by atoms with E-state index >= 15 is 0 Å². The van der Waals surface area contributed by atoms with Crippen LogP contribution >= 0.6 is 0 Å². The number of hydrogen-bond donors (Lipinski definition) is 1. The number of hydrogen-bond acceptors (Lipinski definition) is 5. The Hall–Kier alpha value is -1.30. The summed E-state index contributed by atoms with van der Waals surface area (Å²) in [7, 11) is 0. The summed E-state index contributed by atoms with van der Waals surface area (Å²) in [6.45, 7) is 7.33. The van der Waals surface area contributed by atoms with Crippen LogP contribution < -0.4 is 5.32 Å². The molecular formula is C16H30N2O4. The van der Waals surface area contributed by atoms with E-state index in [0.29, 0.717) is 13.2 Å². The van der Waals surface area contributed by atoms with Crippen LogP contribution in [0.25, 0.3) is 0 Å². The van der Waals surface area contributed by atoms with Gasteiger partial charge in [0.05, 0.1) is 13.2 Å². The predicted molar refractivity (Wildman–Crippen MR) is 84.7 cm³/mol. The lowest BCUT2D eigenvalue weighted by atomic mass is 10.1. The number of carbonyl (C=O) groups is 2. The van der Waals surface area contributed by atoms with Crippen molar-refractivity contribution in [1.29, 1.82) is 0 Å². The van der Waals surface area contributed by atoms with E-state index in [1.807, 2.05) is 13.8 Å². The van der Waals surface area contributed by atoms with Crippen molar-refractivity contribution in [1.82, 2.24) is 10.2 Å². The third kappa shape index (κ3) is 7.11. The Morgan fingerprint density at radius 1 is 1.00 bits per heavy atom. The molecule has 1 N–H and O–H groups in total. The minimum absolute atomic E-state index is 0.0382. The topological polar surface area (TPSA) is 67.9 Å². The van der Waals surface area contributed by atoms with E-state index in [1.54, 1.807) is 4.90 Å². The van der Waals surface area contributed by atoms with Gasteiger partial charge in [0, 0.05) is 13.1 Å². The molecular weight excluding hydrogens is 284 g/mol. The SMILES string of the molecule is CCOC(=O)C1CCCCN1.CCOC(=O)N1CCCCC1. The minimum atomic E-state index is -0.146. The normalized spacial score (nSPS) is 21.4. The molecule has 0 radical (unpaired) electrons. The molecule has 0 aromatic rings. The zero-order valence-electron chi connectivity index (χ0n) is 13.9. The molecule has 2 fully saturated rings. The average molecular weight is 314 g/mol. The van der Waals surface area contributed by atoms with Crippen LogP contribution in [0.5, 0.6) is 0 Å². The molecule has 0 spiro atoms. The first kappa shape index (κ1) is 18.7. The van der Waals surface area contributed by atoms with Gasteiger partial charge in [-0.05, 0) is 52.5 Å². The fraction of sp³-hybridized carbons (Fsp3) is 0.875. The van der Waals surface area contributed by atoms with E-state index in [9.17, 15) is 9.59 Å². The highest BCUT2D eigenvalue weighted by atomic mass is 16.6. The smallest absolute Gasteiger partial charge is 0.409 e. The van der Waals surface area contributed by atoms with Crippen LogP contribution in [-0.2, 0) is 14.3 Å². The molecule has 2 aliphatic rings. The van der Waals surface area contributed by atoms with Gasteiger partial charge >= 0.3 is 12.1 Å². The van der Waals surface area contributed by atoms with Crippen LogP contribution in [-0.4, -0.2) is 55.9 Å². The summed E-state index contributed by atoms with van der Waals surface area (Å²) in [6.07, 6.45) is 6.59. The summed E-state index contributed by atoms with van der Waals surface area (Å²) < 4.78 is 9.75. The Morgan fingerprint density at radius 2 is 1.68 bits per heavy atom. The minimum Gasteiger partial charge on any atom is -0.465 e. The van der Waals surface area contributed by atoms with Gasteiger partial charge in [0.15, 0.2) is 0 Å². The second-order valence-corrected chi connectivity index (χ2v) is 5.50. The highest BCUT2D eigenvalue weighted by molar-refractivity contribution is 5.75. The maximum Gasteiger partial charge on any atom is 0.409 e. The first-order valence-electron chi connectivity index (χ1n) is 8.50. The summed E-state index contributed by atoms with van der Waals surface area (Å²) in [5.41, 5.74) is 0.